The maximum Gasteiger partial charge on any atom is 0.196 e. The van der Waals surface area contributed by atoms with Gasteiger partial charge in [-0.25, -0.2) is 4.98 Å². The minimum atomic E-state index is 0.567. The van der Waals surface area contributed by atoms with Crippen LogP contribution in [0.1, 0.15) is 17.0 Å². The molecule has 0 radical (unpaired) electrons. The van der Waals surface area contributed by atoms with Crippen LogP contribution in [0.15, 0.2) is 27.4 Å². The molecule has 18 heavy (non-hydrogen) atoms. The Balaban J connectivity index is 1.75. The van der Waals surface area contributed by atoms with E-state index in [4.69, 9.17) is 16.6 Å². The molecule has 0 fully saturated rings. The van der Waals surface area contributed by atoms with Gasteiger partial charge in [-0.05, 0) is 34.2 Å². The molecule has 2 aromatic rings. The Hall–Kier alpha value is -0.980. The molecule has 0 amide bonds. The molecule has 3 heterocycles. The van der Waals surface area contributed by atoms with Gasteiger partial charge in [0.05, 0.1) is 11.0 Å². The van der Waals surface area contributed by atoms with E-state index < -0.39 is 0 Å². The molecule has 94 valence electrons. The highest BCUT2D eigenvalue weighted by atomic mass is 79.9. The van der Waals surface area contributed by atoms with Gasteiger partial charge in [-0.2, -0.15) is 0 Å². The predicted octanol–water partition coefficient (Wildman–Crippen LogP) is 3.05. The summed E-state index contributed by atoms with van der Waals surface area (Å²) >= 11 is 8.43. The summed E-state index contributed by atoms with van der Waals surface area (Å²) in [4.78, 5) is 9.64. The summed E-state index contributed by atoms with van der Waals surface area (Å²) in [5.41, 5.74) is 2.44. The lowest BCUT2D eigenvalue weighted by Crippen LogP contribution is -2.30. The van der Waals surface area contributed by atoms with Crippen LogP contribution in [0, 0.1) is 4.77 Å². The van der Waals surface area contributed by atoms with Crippen LogP contribution in [0.4, 0.5) is 0 Å². The summed E-state index contributed by atoms with van der Waals surface area (Å²) in [6, 6.07) is 2.01. The predicted molar refractivity (Wildman–Crippen MR) is 73.6 cm³/mol. The maximum absolute atomic E-state index is 5.45. The van der Waals surface area contributed by atoms with Crippen LogP contribution in [0.25, 0.3) is 0 Å². The number of rotatable bonds is 2. The van der Waals surface area contributed by atoms with Crippen LogP contribution in [-0.4, -0.2) is 21.4 Å². The van der Waals surface area contributed by atoms with E-state index in [-0.39, 0.29) is 0 Å². The van der Waals surface area contributed by atoms with Crippen LogP contribution >= 0.6 is 28.1 Å². The van der Waals surface area contributed by atoms with Crippen molar-refractivity contribution in [1.29, 1.82) is 0 Å². The molecule has 2 aromatic heterocycles. The van der Waals surface area contributed by atoms with E-state index in [9.17, 15) is 0 Å². The van der Waals surface area contributed by atoms with Gasteiger partial charge in [0, 0.05) is 37.0 Å². The van der Waals surface area contributed by atoms with Crippen LogP contribution in [0.5, 0.6) is 0 Å². The average Bonchev–Trinajstić information content (AvgIpc) is 2.75. The van der Waals surface area contributed by atoms with Crippen molar-refractivity contribution in [2.24, 2.45) is 0 Å². The van der Waals surface area contributed by atoms with Gasteiger partial charge in [0.25, 0.3) is 0 Å². The monoisotopic (exact) mass is 325 g/mol. The first-order chi connectivity index (χ1) is 8.70. The second-order valence-electron chi connectivity index (χ2n) is 4.38. The first kappa shape index (κ1) is 12.1. The van der Waals surface area contributed by atoms with Crippen LogP contribution in [0.2, 0.25) is 0 Å². The summed E-state index contributed by atoms with van der Waals surface area (Å²) in [6.07, 6.45) is 4.56. The Kier molecular flexibility index (Phi) is 3.32. The number of furan rings is 1. The number of H-pyrrole nitrogens is 1. The standard InChI is InChI=1S/C12H12BrN3OS/c13-9-3-10(17-7-9)6-16-2-1-11-8(5-16)4-14-12(18)15-11/h3-4,7H,1-2,5-6H2,(H,14,15,18). The van der Waals surface area contributed by atoms with Gasteiger partial charge in [0.15, 0.2) is 4.77 Å². The van der Waals surface area contributed by atoms with Crippen LogP contribution < -0.4 is 0 Å². The SMILES string of the molecule is S=c1ncc2c([nH]1)CCN(Cc1cc(Br)co1)C2. The fourth-order valence-corrected chi connectivity index (χ4v) is 2.72. The second-order valence-corrected chi connectivity index (χ2v) is 5.69. The number of hydrogen-bond acceptors (Lipinski definition) is 4. The number of fused-ring (bicyclic) bond motifs is 1. The number of aromatic amines is 1. The van der Waals surface area contributed by atoms with E-state index in [1.807, 2.05) is 12.3 Å². The molecular formula is C12H12BrN3OS. The number of nitrogens with one attached hydrogen (secondary N) is 1. The zero-order valence-corrected chi connectivity index (χ0v) is 12.1. The summed E-state index contributed by atoms with van der Waals surface area (Å²) in [5, 5.41) is 0. The lowest BCUT2D eigenvalue weighted by atomic mass is 10.1. The van der Waals surface area contributed by atoms with E-state index in [1.54, 1.807) is 6.26 Å². The van der Waals surface area contributed by atoms with E-state index in [0.29, 0.717) is 4.77 Å². The molecule has 0 spiro atoms. The number of aromatic nitrogens is 2. The molecule has 0 aliphatic carbocycles. The topological polar surface area (TPSA) is 45.1 Å². The highest BCUT2D eigenvalue weighted by Gasteiger charge is 2.18. The second kappa shape index (κ2) is 4.95. The van der Waals surface area contributed by atoms with Crippen molar-refractivity contribution in [1.82, 2.24) is 14.9 Å². The molecule has 0 atom stereocenters. The number of halogens is 1. The van der Waals surface area contributed by atoms with Crippen LogP contribution in [-0.2, 0) is 19.5 Å². The van der Waals surface area contributed by atoms with E-state index >= 15 is 0 Å². The van der Waals surface area contributed by atoms with E-state index in [0.717, 1.165) is 36.3 Å². The Bertz CT molecular complexity index is 622. The normalized spacial score (nSPS) is 15.6. The van der Waals surface area contributed by atoms with Crippen molar-refractivity contribution in [2.75, 3.05) is 6.54 Å². The quantitative estimate of drug-likeness (QED) is 0.862. The van der Waals surface area contributed by atoms with Crippen molar-refractivity contribution in [2.45, 2.75) is 19.5 Å². The van der Waals surface area contributed by atoms with Gasteiger partial charge in [-0.3, -0.25) is 4.90 Å². The highest BCUT2D eigenvalue weighted by Crippen LogP contribution is 2.20. The van der Waals surface area contributed by atoms with Gasteiger partial charge < -0.3 is 9.40 Å². The lowest BCUT2D eigenvalue weighted by Gasteiger charge is -2.27. The lowest BCUT2D eigenvalue weighted by molar-refractivity contribution is 0.223. The van der Waals surface area contributed by atoms with Gasteiger partial charge in [0.2, 0.25) is 0 Å². The van der Waals surface area contributed by atoms with Crippen molar-refractivity contribution < 1.29 is 4.42 Å². The van der Waals surface area contributed by atoms with Crippen LogP contribution in [0.3, 0.4) is 0 Å². The van der Waals surface area contributed by atoms with Crippen molar-refractivity contribution >= 4 is 28.1 Å². The molecule has 6 heteroatoms. The third kappa shape index (κ3) is 2.55. The van der Waals surface area contributed by atoms with E-state index in [1.165, 1.54) is 11.3 Å². The molecule has 0 bridgehead atoms. The highest BCUT2D eigenvalue weighted by molar-refractivity contribution is 9.10. The molecule has 0 saturated heterocycles. The fraction of sp³-hybridized carbons (Fsp3) is 0.333. The smallest absolute Gasteiger partial charge is 0.196 e. The molecule has 3 rings (SSSR count). The van der Waals surface area contributed by atoms with Gasteiger partial charge in [-0.15, -0.1) is 0 Å². The number of hydrogen-bond donors (Lipinski definition) is 1. The first-order valence-corrected chi connectivity index (χ1v) is 6.93. The van der Waals surface area contributed by atoms with Gasteiger partial charge >= 0.3 is 0 Å². The molecular weight excluding hydrogens is 314 g/mol. The molecule has 1 aliphatic heterocycles. The summed E-state index contributed by atoms with van der Waals surface area (Å²) < 4.78 is 7.00. The molecule has 0 unspecified atom stereocenters. The summed E-state index contributed by atoms with van der Waals surface area (Å²) in [6.45, 7) is 2.70. The largest absolute Gasteiger partial charge is 0.467 e. The molecule has 0 saturated carbocycles. The van der Waals surface area contributed by atoms with Gasteiger partial charge in [-0.1, -0.05) is 0 Å². The third-order valence-electron chi connectivity index (χ3n) is 3.06. The Labute approximate surface area is 118 Å². The molecule has 0 aromatic carbocycles. The summed E-state index contributed by atoms with van der Waals surface area (Å²) in [7, 11) is 0. The fourth-order valence-electron chi connectivity index (χ4n) is 2.20. The molecule has 4 nitrogen and oxygen atoms in total. The third-order valence-corrected chi connectivity index (χ3v) is 3.68. The zero-order valence-electron chi connectivity index (χ0n) is 9.65. The molecule has 1 aliphatic rings. The van der Waals surface area contributed by atoms with Crippen molar-refractivity contribution in [3.05, 3.63) is 44.8 Å². The number of nitrogens with zero attached hydrogens (tertiary/aromatic N) is 2. The summed E-state index contributed by atoms with van der Waals surface area (Å²) in [5.74, 6) is 0.974. The van der Waals surface area contributed by atoms with Crippen molar-refractivity contribution in [3.8, 4) is 0 Å². The van der Waals surface area contributed by atoms with E-state index in [2.05, 4.69) is 30.8 Å². The first-order valence-electron chi connectivity index (χ1n) is 5.73. The minimum Gasteiger partial charge on any atom is -0.467 e. The Morgan fingerprint density at radius 3 is 3.22 bits per heavy atom. The average molecular weight is 326 g/mol. The Morgan fingerprint density at radius 2 is 2.44 bits per heavy atom. The Morgan fingerprint density at radius 1 is 1.56 bits per heavy atom. The zero-order chi connectivity index (χ0) is 12.5. The minimum absolute atomic E-state index is 0.567. The van der Waals surface area contributed by atoms with Gasteiger partial charge in [0.1, 0.15) is 12.0 Å². The van der Waals surface area contributed by atoms with Crippen molar-refractivity contribution in [3.63, 3.8) is 0 Å². The molecule has 1 N–H and O–H groups in total. The maximum atomic E-state index is 5.45.